The van der Waals surface area contributed by atoms with Gasteiger partial charge in [0.25, 0.3) is 23.6 Å². The largest absolute Gasteiger partial charge is 0.374 e. The van der Waals surface area contributed by atoms with Crippen LogP contribution in [0.4, 0.5) is 11.4 Å². The number of anilines is 2. The van der Waals surface area contributed by atoms with Crippen LogP contribution in [0.5, 0.6) is 0 Å². The topological polar surface area (TPSA) is 81.2 Å². The van der Waals surface area contributed by atoms with Gasteiger partial charge in [0.15, 0.2) is 0 Å². The van der Waals surface area contributed by atoms with Crippen LogP contribution in [-0.2, 0) is 0 Å². The summed E-state index contributed by atoms with van der Waals surface area (Å²) in [5.74, 6) is -0.0145. The van der Waals surface area contributed by atoms with Crippen molar-refractivity contribution in [2.45, 2.75) is 39.5 Å². The normalized spacial score (nSPS) is 14.1. The van der Waals surface area contributed by atoms with Crippen LogP contribution in [0.3, 0.4) is 0 Å². The molecule has 0 atom stereocenters. The van der Waals surface area contributed by atoms with E-state index in [1.807, 2.05) is 74.8 Å². The van der Waals surface area contributed by atoms with E-state index < -0.39 is 0 Å². The van der Waals surface area contributed by atoms with Crippen LogP contribution in [0.1, 0.15) is 81.0 Å². The van der Waals surface area contributed by atoms with Crippen molar-refractivity contribution in [1.29, 1.82) is 0 Å². The summed E-state index contributed by atoms with van der Waals surface area (Å²) >= 11 is 0. The van der Waals surface area contributed by atoms with Crippen LogP contribution < -0.4 is 9.80 Å². The van der Waals surface area contributed by atoms with Crippen LogP contribution in [0.15, 0.2) is 60.7 Å². The second-order valence-electron chi connectivity index (χ2n) is 12.4. The second kappa shape index (κ2) is 14.6. The molecule has 2 aliphatic rings. The van der Waals surface area contributed by atoms with Crippen molar-refractivity contribution in [3.05, 3.63) is 82.9 Å². The molecule has 0 unspecified atom stereocenters. The van der Waals surface area contributed by atoms with Gasteiger partial charge in [0.1, 0.15) is 0 Å². The summed E-state index contributed by atoms with van der Waals surface area (Å²) in [5.41, 5.74) is 4.28. The van der Waals surface area contributed by atoms with Gasteiger partial charge in [0, 0.05) is 107 Å². The van der Waals surface area contributed by atoms with Crippen LogP contribution in [-0.4, -0.2) is 85.2 Å². The van der Waals surface area contributed by atoms with Gasteiger partial charge >= 0.3 is 0 Å². The lowest BCUT2D eigenvalue weighted by atomic mass is 9.92. The number of benzene rings is 4. The SMILES string of the molecule is CCCCN(C)c1ccc2c3c(cccc13)C(=O)N(CCSSCCN1C(=O)c3cccc4c(N(C)CCCC)ccc(c34)C1=O)C2=O. The second-order valence-corrected chi connectivity index (χ2v) is 15.1. The average Bonchev–Trinajstić information content (AvgIpc) is 3.10. The Morgan fingerprint density at radius 1 is 0.542 bits per heavy atom. The summed E-state index contributed by atoms with van der Waals surface area (Å²) < 4.78 is 0. The van der Waals surface area contributed by atoms with Crippen molar-refractivity contribution < 1.29 is 19.2 Å². The molecular weight excluding hydrogens is 641 g/mol. The van der Waals surface area contributed by atoms with Gasteiger partial charge in [0.05, 0.1) is 0 Å². The molecule has 6 rings (SSSR count). The Labute approximate surface area is 290 Å². The smallest absolute Gasteiger partial charge is 0.261 e. The number of rotatable bonds is 15. The van der Waals surface area contributed by atoms with E-state index in [-0.39, 0.29) is 36.7 Å². The van der Waals surface area contributed by atoms with E-state index in [1.165, 1.54) is 31.4 Å². The molecule has 0 aromatic heterocycles. The van der Waals surface area contributed by atoms with E-state index in [4.69, 9.17) is 0 Å². The molecule has 0 spiro atoms. The van der Waals surface area contributed by atoms with Crippen molar-refractivity contribution in [3.8, 4) is 0 Å². The molecule has 2 heterocycles. The molecule has 0 saturated heterocycles. The maximum atomic E-state index is 13.5. The quantitative estimate of drug-likeness (QED) is 0.0716. The Hall–Kier alpha value is -4.02. The summed E-state index contributed by atoms with van der Waals surface area (Å²) in [5, 5.41) is 3.32. The highest BCUT2D eigenvalue weighted by molar-refractivity contribution is 8.76. The molecule has 250 valence electrons. The Bertz CT molecular complexity index is 1730. The fourth-order valence-electron chi connectivity index (χ4n) is 6.74. The molecular formula is C38H42N4O4S2. The van der Waals surface area contributed by atoms with Crippen LogP contribution in [0.25, 0.3) is 21.5 Å². The standard InChI is InChI=1S/C38H42N4O4S2/c1-5-7-19-39(3)31-17-15-29-33-25(31)11-9-13-27(33)35(43)41(37(29)45)21-23-47-48-24-22-42-36(44)28-14-10-12-26-32(40(4)20-8-6-2)18-16-30(34(26)28)38(42)46/h9-18H,5-8,19-24H2,1-4H3. The van der Waals surface area contributed by atoms with E-state index in [0.717, 1.165) is 71.7 Å². The molecule has 4 amide bonds. The Kier molecular flexibility index (Phi) is 10.3. The van der Waals surface area contributed by atoms with Gasteiger partial charge in [-0.1, -0.05) is 72.5 Å². The number of carbonyl (C=O) groups is 4. The molecule has 10 heteroatoms. The van der Waals surface area contributed by atoms with E-state index in [0.29, 0.717) is 33.8 Å². The van der Waals surface area contributed by atoms with Gasteiger partial charge in [-0.3, -0.25) is 29.0 Å². The number of amides is 4. The summed E-state index contributed by atoms with van der Waals surface area (Å²) in [4.78, 5) is 61.2. The predicted octanol–water partition coefficient (Wildman–Crippen LogP) is 7.74. The van der Waals surface area contributed by atoms with E-state index >= 15 is 0 Å². The molecule has 2 aliphatic heterocycles. The van der Waals surface area contributed by atoms with Crippen LogP contribution in [0.2, 0.25) is 0 Å². The van der Waals surface area contributed by atoms with Crippen LogP contribution >= 0.6 is 21.6 Å². The van der Waals surface area contributed by atoms with E-state index in [2.05, 4.69) is 23.6 Å². The molecule has 0 fully saturated rings. The third kappa shape index (κ3) is 6.16. The minimum Gasteiger partial charge on any atom is -0.374 e. The number of unbranched alkanes of at least 4 members (excludes halogenated alkanes) is 2. The van der Waals surface area contributed by atoms with Gasteiger partial charge in [-0.2, -0.15) is 0 Å². The number of nitrogens with zero attached hydrogens (tertiary/aromatic N) is 4. The van der Waals surface area contributed by atoms with Crippen molar-refractivity contribution in [1.82, 2.24) is 9.80 Å². The van der Waals surface area contributed by atoms with Gasteiger partial charge in [-0.15, -0.1) is 0 Å². The third-order valence-electron chi connectivity index (χ3n) is 9.33. The van der Waals surface area contributed by atoms with E-state index in [1.54, 1.807) is 0 Å². The summed E-state index contributed by atoms with van der Waals surface area (Å²) in [6, 6.07) is 19.1. The first kappa shape index (κ1) is 33.9. The molecule has 0 saturated carbocycles. The highest BCUT2D eigenvalue weighted by Gasteiger charge is 2.35. The lowest BCUT2D eigenvalue weighted by Gasteiger charge is -2.29. The Morgan fingerprint density at radius 2 is 0.917 bits per heavy atom. The maximum Gasteiger partial charge on any atom is 0.261 e. The fraction of sp³-hybridized carbons (Fsp3) is 0.368. The number of carbonyl (C=O) groups excluding carboxylic acids is 4. The number of hydrogen-bond acceptors (Lipinski definition) is 8. The zero-order valence-electron chi connectivity index (χ0n) is 28.1. The van der Waals surface area contributed by atoms with Crippen molar-refractivity contribution in [2.24, 2.45) is 0 Å². The number of imide groups is 2. The lowest BCUT2D eigenvalue weighted by Crippen LogP contribution is -2.42. The minimum atomic E-state index is -0.269. The molecule has 8 nitrogen and oxygen atoms in total. The highest BCUT2D eigenvalue weighted by atomic mass is 33.1. The van der Waals surface area contributed by atoms with E-state index in [9.17, 15) is 19.2 Å². The first-order chi connectivity index (χ1) is 23.3. The van der Waals surface area contributed by atoms with Crippen molar-refractivity contribution >= 4 is 78.1 Å². The maximum absolute atomic E-state index is 13.5. The predicted molar refractivity (Wildman–Crippen MR) is 200 cm³/mol. The average molecular weight is 683 g/mol. The van der Waals surface area contributed by atoms with Crippen molar-refractivity contribution in [2.75, 3.05) is 61.6 Å². The molecule has 0 bridgehead atoms. The molecule has 4 aromatic rings. The number of hydrogen-bond donors (Lipinski definition) is 0. The van der Waals surface area contributed by atoms with Gasteiger partial charge in [0.2, 0.25) is 0 Å². The summed E-state index contributed by atoms with van der Waals surface area (Å²) in [7, 11) is 7.16. The van der Waals surface area contributed by atoms with Crippen LogP contribution in [0, 0.1) is 0 Å². The molecule has 0 radical (unpaired) electrons. The zero-order valence-corrected chi connectivity index (χ0v) is 29.7. The molecule has 0 N–H and O–H groups in total. The first-order valence-corrected chi connectivity index (χ1v) is 19.3. The lowest BCUT2D eigenvalue weighted by molar-refractivity contribution is 0.0605. The monoisotopic (exact) mass is 682 g/mol. The van der Waals surface area contributed by atoms with Gasteiger partial charge < -0.3 is 9.80 Å². The molecule has 4 aromatic carbocycles. The first-order valence-electron chi connectivity index (χ1n) is 16.8. The van der Waals surface area contributed by atoms with Gasteiger partial charge in [-0.05, 0) is 49.2 Å². The van der Waals surface area contributed by atoms with Crippen molar-refractivity contribution in [3.63, 3.8) is 0 Å². The Morgan fingerprint density at radius 3 is 1.29 bits per heavy atom. The summed E-state index contributed by atoms with van der Waals surface area (Å²) in [6.07, 6.45) is 4.31. The summed E-state index contributed by atoms with van der Waals surface area (Å²) in [6.45, 7) is 6.67. The molecule has 0 aliphatic carbocycles. The molecule has 48 heavy (non-hydrogen) atoms. The highest BCUT2D eigenvalue weighted by Crippen LogP contribution is 2.38. The zero-order chi connectivity index (χ0) is 33.9. The third-order valence-corrected chi connectivity index (χ3v) is 11.7. The van der Waals surface area contributed by atoms with Gasteiger partial charge in [-0.25, -0.2) is 0 Å². The fourth-order valence-corrected chi connectivity index (χ4v) is 8.64. The Balaban J connectivity index is 1.07. The minimum absolute atomic E-state index is 0.269.